The normalized spacial score (nSPS) is 16.1. The van der Waals surface area contributed by atoms with Crippen LogP contribution in [0.15, 0.2) is 39.2 Å². The van der Waals surface area contributed by atoms with Crippen LogP contribution in [0, 0.1) is 11.3 Å². The van der Waals surface area contributed by atoms with E-state index >= 15 is 0 Å². The summed E-state index contributed by atoms with van der Waals surface area (Å²) < 4.78 is 1.79. The van der Waals surface area contributed by atoms with E-state index in [0.717, 1.165) is 41.2 Å². The van der Waals surface area contributed by atoms with Crippen LogP contribution in [0.2, 0.25) is 5.02 Å². The first-order valence-electron chi connectivity index (χ1n) is 10.7. The average molecular weight is 480 g/mol. The lowest BCUT2D eigenvalue weighted by atomic mass is 10.1. The summed E-state index contributed by atoms with van der Waals surface area (Å²) >= 11 is 7.99. The summed E-state index contributed by atoms with van der Waals surface area (Å²) in [6.07, 6.45) is 3.30. The van der Waals surface area contributed by atoms with Gasteiger partial charge in [0.1, 0.15) is 17.5 Å². The number of aromatic amines is 1. The number of rotatable bonds is 4. The number of H-pyrrole nitrogens is 1. The first kappa shape index (κ1) is 21.8. The summed E-state index contributed by atoms with van der Waals surface area (Å²) in [6, 6.07) is 7.36. The van der Waals surface area contributed by atoms with Gasteiger partial charge in [0.15, 0.2) is 10.6 Å². The second-order valence-electron chi connectivity index (χ2n) is 8.19. The Morgan fingerprint density at radius 1 is 1.39 bits per heavy atom. The molecule has 0 amide bonds. The number of benzene rings is 1. The van der Waals surface area contributed by atoms with E-state index in [-0.39, 0.29) is 11.5 Å². The number of nitrogens with two attached hydrogens (primary N) is 1. The molecule has 0 saturated carbocycles. The maximum absolute atomic E-state index is 12.5. The first-order chi connectivity index (χ1) is 15.9. The second kappa shape index (κ2) is 8.37. The minimum absolute atomic E-state index is 0.0874. The Hall–Kier alpha value is -3.06. The Morgan fingerprint density at radius 3 is 2.91 bits per heavy atom. The summed E-state index contributed by atoms with van der Waals surface area (Å²) in [7, 11) is 1.82. The van der Waals surface area contributed by atoms with Crippen molar-refractivity contribution in [2.24, 2.45) is 12.8 Å². The van der Waals surface area contributed by atoms with Crippen LogP contribution in [-0.4, -0.2) is 38.7 Å². The fourth-order valence-corrected chi connectivity index (χ4v) is 5.53. The lowest BCUT2D eigenvalue weighted by Crippen LogP contribution is -2.27. The van der Waals surface area contributed by atoms with Gasteiger partial charge in [0.05, 0.1) is 21.5 Å². The number of fused-ring (bicyclic) bond motifs is 2. The van der Waals surface area contributed by atoms with E-state index in [1.165, 1.54) is 17.8 Å². The molecule has 0 bridgehead atoms. The molecule has 0 unspecified atom stereocenters. The smallest absolute Gasteiger partial charge is 0.196 e. The minimum atomic E-state index is -0.131. The summed E-state index contributed by atoms with van der Waals surface area (Å²) in [6.45, 7) is 3.53. The van der Waals surface area contributed by atoms with E-state index in [0.29, 0.717) is 38.8 Å². The highest BCUT2D eigenvalue weighted by molar-refractivity contribution is 7.99. The molecule has 1 aliphatic heterocycles. The molecule has 3 aromatic heterocycles. The molecule has 0 spiro atoms. The molecule has 4 heterocycles. The zero-order valence-electron chi connectivity index (χ0n) is 18.2. The maximum Gasteiger partial charge on any atom is 0.196 e. The predicted molar refractivity (Wildman–Crippen MR) is 131 cm³/mol. The van der Waals surface area contributed by atoms with Crippen LogP contribution in [0.3, 0.4) is 0 Å². The monoisotopic (exact) mass is 479 g/mol. The third-order valence-corrected chi connectivity index (χ3v) is 7.24. The minimum Gasteiger partial charge on any atom is -0.354 e. The predicted octanol–water partition coefficient (Wildman–Crippen LogP) is 3.59. The lowest BCUT2D eigenvalue weighted by Gasteiger charge is -2.18. The summed E-state index contributed by atoms with van der Waals surface area (Å²) in [5.41, 5.74) is 8.65. The van der Waals surface area contributed by atoms with Gasteiger partial charge >= 0.3 is 0 Å². The largest absolute Gasteiger partial charge is 0.354 e. The molecule has 1 fully saturated rings. The molecule has 1 aliphatic rings. The Balaban J connectivity index is 1.65. The standard InChI is InChI=1S/C23H22ClN7OS/c1-3-16-19(24)18-21(27-16)28-23(29-22(18)31-7-4-13(26)11-31)33-14-8-12(10-25)20-15(9-14)17(32)5-6-30(20)2/h5-6,8-9,13H,3-4,7,11,26H2,1-2H3,(H,27,28,29)/t13-/m1/s1. The number of hydrogen-bond donors (Lipinski definition) is 2. The van der Waals surface area contributed by atoms with Crippen molar-refractivity contribution in [2.45, 2.75) is 35.9 Å². The van der Waals surface area contributed by atoms with Crippen molar-refractivity contribution in [3.05, 3.63) is 50.9 Å². The molecule has 0 aliphatic carbocycles. The molecule has 10 heteroatoms. The van der Waals surface area contributed by atoms with Crippen molar-refractivity contribution in [3.63, 3.8) is 0 Å². The Morgan fingerprint density at radius 2 is 2.21 bits per heavy atom. The van der Waals surface area contributed by atoms with E-state index in [4.69, 9.17) is 27.3 Å². The Bertz CT molecular complexity index is 1500. The van der Waals surface area contributed by atoms with Crippen LogP contribution in [0.25, 0.3) is 21.9 Å². The molecule has 8 nitrogen and oxygen atoms in total. The highest BCUT2D eigenvalue weighted by atomic mass is 35.5. The van der Waals surface area contributed by atoms with Crippen LogP contribution in [-0.2, 0) is 13.5 Å². The summed E-state index contributed by atoms with van der Waals surface area (Å²) in [5, 5.41) is 12.2. The topological polar surface area (TPSA) is 117 Å². The van der Waals surface area contributed by atoms with E-state index in [2.05, 4.69) is 16.0 Å². The van der Waals surface area contributed by atoms with E-state index in [1.54, 1.807) is 22.9 Å². The first-order valence-corrected chi connectivity index (χ1v) is 11.9. The van der Waals surface area contributed by atoms with Gasteiger partial charge in [-0.3, -0.25) is 4.79 Å². The van der Waals surface area contributed by atoms with E-state index < -0.39 is 0 Å². The van der Waals surface area contributed by atoms with Gasteiger partial charge in [-0.2, -0.15) is 5.26 Å². The molecular formula is C23H22ClN7OS. The molecule has 3 N–H and O–H groups in total. The third-order valence-electron chi connectivity index (χ3n) is 5.98. The quantitative estimate of drug-likeness (QED) is 0.429. The van der Waals surface area contributed by atoms with Crippen molar-refractivity contribution in [3.8, 4) is 6.07 Å². The zero-order valence-corrected chi connectivity index (χ0v) is 19.8. The van der Waals surface area contributed by atoms with Crippen molar-refractivity contribution >= 4 is 51.1 Å². The number of nitrogens with zero attached hydrogens (tertiary/aromatic N) is 5. The van der Waals surface area contributed by atoms with Crippen molar-refractivity contribution < 1.29 is 0 Å². The molecule has 4 aromatic rings. The number of pyridine rings is 1. The van der Waals surface area contributed by atoms with Gasteiger partial charge in [-0.15, -0.1) is 0 Å². The molecule has 33 heavy (non-hydrogen) atoms. The van der Waals surface area contributed by atoms with Gasteiger partial charge in [-0.1, -0.05) is 18.5 Å². The number of anilines is 1. The lowest BCUT2D eigenvalue weighted by molar-refractivity contribution is 0.751. The van der Waals surface area contributed by atoms with Crippen LogP contribution < -0.4 is 16.1 Å². The van der Waals surface area contributed by atoms with Gasteiger partial charge in [0.25, 0.3) is 0 Å². The van der Waals surface area contributed by atoms with Crippen molar-refractivity contribution in [1.29, 1.82) is 5.26 Å². The molecule has 1 saturated heterocycles. The highest BCUT2D eigenvalue weighted by Gasteiger charge is 2.26. The second-order valence-corrected chi connectivity index (χ2v) is 9.61. The van der Waals surface area contributed by atoms with Gasteiger partial charge in [0.2, 0.25) is 0 Å². The third kappa shape index (κ3) is 3.74. The number of aromatic nitrogens is 4. The molecule has 168 valence electrons. The molecule has 1 atom stereocenters. The average Bonchev–Trinajstić information content (AvgIpc) is 3.38. The zero-order chi connectivity index (χ0) is 23.3. The highest BCUT2D eigenvalue weighted by Crippen LogP contribution is 2.38. The van der Waals surface area contributed by atoms with Crippen LogP contribution in [0.1, 0.15) is 24.6 Å². The van der Waals surface area contributed by atoms with Crippen LogP contribution in [0.5, 0.6) is 0 Å². The van der Waals surface area contributed by atoms with Gasteiger partial charge in [-0.05, 0) is 36.7 Å². The SMILES string of the molecule is CCc1[nH]c2nc(Sc3cc(C#N)c4c(c3)c(=O)ccn4C)nc(N3CC[C@@H](N)C3)c2c1Cl. The number of nitriles is 1. The van der Waals surface area contributed by atoms with E-state index in [9.17, 15) is 10.1 Å². The number of halogens is 1. The Kier molecular flexibility index (Phi) is 5.52. The molecule has 1 aromatic carbocycles. The summed E-state index contributed by atoms with van der Waals surface area (Å²) in [4.78, 5) is 28.3. The fourth-order valence-electron chi connectivity index (χ4n) is 4.34. The number of nitrogens with one attached hydrogen (secondary N) is 1. The summed E-state index contributed by atoms with van der Waals surface area (Å²) in [5.74, 6) is 0.758. The van der Waals surface area contributed by atoms with Crippen molar-refractivity contribution in [2.75, 3.05) is 18.0 Å². The fraction of sp³-hybridized carbons (Fsp3) is 0.304. The van der Waals surface area contributed by atoms with Crippen molar-refractivity contribution in [1.82, 2.24) is 19.5 Å². The molecule has 5 rings (SSSR count). The van der Waals surface area contributed by atoms with Gasteiger partial charge in [0, 0.05) is 54.4 Å². The maximum atomic E-state index is 12.5. The van der Waals surface area contributed by atoms with Crippen LogP contribution in [0.4, 0.5) is 5.82 Å². The van der Waals surface area contributed by atoms with E-state index in [1.807, 2.05) is 14.0 Å². The Labute approximate surface area is 199 Å². The van der Waals surface area contributed by atoms with Crippen LogP contribution >= 0.6 is 23.4 Å². The molecular weight excluding hydrogens is 458 g/mol. The number of aryl methyl sites for hydroxylation is 2. The van der Waals surface area contributed by atoms with Gasteiger partial charge in [-0.25, -0.2) is 9.97 Å². The van der Waals surface area contributed by atoms with Gasteiger partial charge < -0.3 is 20.2 Å². The molecule has 0 radical (unpaired) electrons. The number of hydrogen-bond acceptors (Lipinski definition) is 7.